The number of methoxy groups -OCH3 is 1. The van der Waals surface area contributed by atoms with Gasteiger partial charge in [-0.25, -0.2) is 13.1 Å². The lowest BCUT2D eigenvalue weighted by Gasteiger charge is -2.12. The standard InChI is InChI=1S/C16H21N3O4S/c1-11-5-6-13(19(11)3)10-17-24(21,22)14-7-8-15(18-12(2)20)16(9-14)23-4/h5-9,17H,10H2,1-4H3,(H,18,20). The zero-order valence-electron chi connectivity index (χ0n) is 14.1. The Bertz CT molecular complexity index is 856. The second kappa shape index (κ2) is 7.06. The SMILES string of the molecule is COc1cc(S(=O)(=O)NCc2ccc(C)n2C)ccc1NC(C)=O. The number of benzene rings is 1. The molecule has 1 amide bonds. The molecule has 2 aromatic rings. The van der Waals surface area contributed by atoms with Crippen molar-refractivity contribution in [3.05, 3.63) is 41.7 Å². The summed E-state index contributed by atoms with van der Waals surface area (Å²) >= 11 is 0. The largest absolute Gasteiger partial charge is 0.495 e. The van der Waals surface area contributed by atoms with E-state index in [0.29, 0.717) is 5.69 Å². The number of hydrogen-bond donors (Lipinski definition) is 2. The molecule has 1 aromatic carbocycles. The first kappa shape index (κ1) is 18.0. The smallest absolute Gasteiger partial charge is 0.241 e. The van der Waals surface area contributed by atoms with E-state index in [4.69, 9.17) is 4.74 Å². The Balaban J connectivity index is 2.22. The summed E-state index contributed by atoms with van der Waals surface area (Å²) in [6, 6.07) is 8.10. The average molecular weight is 351 g/mol. The molecule has 0 aliphatic rings. The maximum absolute atomic E-state index is 12.5. The van der Waals surface area contributed by atoms with Crippen LogP contribution in [0.2, 0.25) is 0 Å². The zero-order valence-corrected chi connectivity index (χ0v) is 14.9. The lowest BCUT2D eigenvalue weighted by atomic mass is 10.3. The topological polar surface area (TPSA) is 89.4 Å². The number of rotatable bonds is 6. The monoisotopic (exact) mass is 351 g/mol. The van der Waals surface area contributed by atoms with Crippen LogP contribution < -0.4 is 14.8 Å². The number of aryl methyl sites for hydroxylation is 1. The Kier molecular flexibility index (Phi) is 5.30. The summed E-state index contributed by atoms with van der Waals surface area (Å²) in [5, 5.41) is 2.59. The summed E-state index contributed by atoms with van der Waals surface area (Å²) in [4.78, 5) is 11.2. The number of carbonyl (C=O) groups excluding carboxylic acids is 1. The number of amides is 1. The minimum absolute atomic E-state index is 0.0689. The molecule has 0 saturated heterocycles. The molecule has 0 fully saturated rings. The predicted molar refractivity (Wildman–Crippen MR) is 91.5 cm³/mol. The summed E-state index contributed by atoms with van der Waals surface area (Å²) in [5.74, 6) is 0.0175. The van der Waals surface area contributed by atoms with E-state index in [2.05, 4.69) is 10.0 Å². The molecule has 0 bridgehead atoms. The van der Waals surface area contributed by atoms with Crippen LogP contribution in [-0.2, 0) is 28.4 Å². The Hall–Kier alpha value is -2.32. The second-order valence-corrected chi connectivity index (χ2v) is 7.16. The number of sulfonamides is 1. The number of ether oxygens (including phenoxy) is 1. The third kappa shape index (κ3) is 3.95. The fourth-order valence-electron chi connectivity index (χ4n) is 2.23. The van der Waals surface area contributed by atoms with Gasteiger partial charge in [0.15, 0.2) is 0 Å². The fraction of sp³-hybridized carbons (Fsp3) is 0.312. The minimum atomic E-state index is -3.70. The Morgan fingerprint density at radius 1 is 1.25 bits per heavy atom. The molecule has 7 nitrogen and oxygen atoms in total. The van der Waals surface area contributed by atoms with Crippen molar-refractivity contribution in [3.8, 4) is 5.75 Å². The summed E-state index contributed by atoms with van der Waals surface area (Å²) < 4.78 is 34.6. The van der Waals surface area contributed by atoms with Crippen molar-refractivity contribution in [1.82, 2.24) is 9.29 Å². The normalized spacial score (nSPS) is 11.3. The number of aromatic nitrogens is 1. The first-order valence-electron chi connectivity index (χ1n) is 7.31. The molecule has 24 heavy (non-hydrogen) atoms. The van der Waals surface area contributed by atoms with E-state index in [9.17, 15) is 13.2 Å². The van der Waals surface area contributed by atoms with E-state index in [0.717, 1.165) is 11.4 Å². The van der Waals surface area contributed by atoms with Gasteiger partial charge in [0.1, 0.15) is 5.75 Å². The quantitative estimate of drug-likeness (QED) is 0.830. The van der Waals surface area contributed by atoms with Crippen LogP contribution in [0.3, 0.4) is 0 Å². The van der Waals surface area contributed by atoms with Gasteiger partial charge in [-0.3, -0.25) is 4.79 Å². The summed E-state index contributed by atoms with van der Waals surface area (Å²) in [7, 11) is -0.407. The third-order valence-corrected chi connectivity index (χ3v) is 5.11. The molecular formula is C16H21N3O4S. The van der Waals surface area contributed by atoms with Crippen LogP contribution >= 0.6 is 0 Å². The van der Waals surface area contributed by atoms with E-state index in [1.165, 1.54) is 32.2 Å². The first-order chi connectivity index (χ1) is 11.2. The maximum Gasteiger partial charge on any atom is 0.241 e. The highest BCUT2D eigenvalue weighted by atomic mass is 32.2. The molecule has 1 aromatic heterocycles. The molecule has 8 heteroatoms. The average Bonchev–Trinajstić information content (AvgIpc) is 2.84. The van der Waals surface area contributed by atoms with Gasteiger partial charge in [0.2, 0.25) is 15.9 Å². The molecule has 0 radical (unpaired) electrons. The van der Waals surface area contributed by atoms with Crippen LogP contribution in [0, 0.1) is 6.92 Å². The molecule has 2 N–H and O–H groups in total. The number of nitrogens with zero attached hydrogens (tertiary/aromatic N) is 1. The lowest BCUT2D eigenvalue weighted by molar-refractivity contribution is -0.114. The van der Waals surface area contributed by atoms with Gasteiger partial charge >= 0.3 is 0 Å². The molecule has 1 heterocycles. The fourth-order valence-corrected chi connectivity index (χ4v) is 3.24. The van der Waals surface area contributed by atoms with Crippen molar-refractivity contribution >= 4 is 21.6 Å². The van der Waals surface area contributed by atoms with Crippen LogP contribution in [0.4, 0.5) is 5.69 Å². The third-order valence-electron chi connectivity index (χ3n) is 3.71. The highest BCUT2D eigenvalue weighted by Crippen LogP contribution is 2.27. The van der Waals surface area contributed by atoms with Crippen LogP contribution in [-0.4, -0.2) is 26.0 Å². The van der Waals surface area contributed by atoms with E-state index < -0.39 is 10.0 Å². The van der Waals surface area contributed by atoms with Gasteiger partial charge in [-0.2, -0.15) is 0 Å². The second-order valence-electron chi connectivity index (χ2n) is 5.39. The summed E-state index contributed by atoms with van der Waals surface area (Å²) in [5.41, 5.74) is 2.32. The molecule has 0 saturated carbocycles. The van der Waals surface area contributed by atoms with Crippen molar-refractivity contribution < 1.29 is 17.9 Å². The van der Waals surface area contributed by atoms with Crippen molar-refractivity contribution in [2.75, 3.05) is 12.4 Å². The van der Waals surface area contributed by atoms with E-state index in [1.807, 2.05) is 30.7 Å². The molecule has 2 rings (SSSR count). The van der Waals surface area contributed by atoms with Crippen molar-refractivity contribution in [2.45, 2.75) is 25.3 Å². The van der Waals surface area contributed by atoms with Crippen LogP contribution in [0.25, 0.3) is 0 Å². The molecule has 130 valence electrons. The van der Waals surface area contributed by atoms with Crippen LogP contribution in [0.15, 0.2) is 35.2 Å². The summed E-state index contributed by atoms with van der Waals surface area (Å²) in [6.07, 6.45) is 0. The van der Waals surface area contributed by atoms with Gasteiger partial charge in [-0.1, -0.05) is 0 Å². The number of hydrogen-bond acceptors (Lipinski definition) is 4. The number of anilines is 1. The Labute approximate surface area is 141 Å². The molecule has 0 aliphatic carbocycles. The van der Waals surface area contributed by atoms with Gasteiger partial charge in [0.05, 0.1) is 24.2 Å². The van der Waals surface area contributed by atoms with E-state index >= 15 is 0 Å². The van der Waals surface area contributed by atoms with Gasteiger partial charge in [-0.15, -0.1) is 0 Å². The number of carbonyl (C=O) groups is 1. The van der Waals surface area contributed by atoms with Crippen molar-refractivity contribution in [2.24, 2.45) is 7.05 Å². The highest BCUT2D eigenvalue weighted by molar-refractivity contribution is 7.89. The van der Waals surface area contributed by atoms with Gasteiger partial charge in [-0.05, 0) is 31.2 Å². The lowest BCUT2D eigenvalue weighted by Crippen LogP contribution is -2.24. The van der Waals surface area contributed by atoms with Crippen molar-refractivity contribution in [3.63, 3.8) is 0 Å². The van der Waals surface area contributed by atoms with Crippen LogP contribution in [0.5, 0.6) is 5.75 Å². The number of nitrogens with one attached hydrogen (secondary N) is 2. The molecule has 0 unspecified atom stereocenters. The molecule has 0 spiro atoms. The molecule has 0 aliphatic heterocycles. The highest BCUT2D eigenvalue weighted by Gasteiger charge is 2.17. The molecule has 0 atom stereocenters. The van der Waals surface area contributed by atoms with Crippen LogP contribution in [0.1, 0.15) is 18.3 Å². The summed E-state index contributed by atoms with van der Waals surface area (Å²) in [6.45, 7) is 3.50. The van der Waals surface area contributed by atoms with E-state index in [1.54, 1.807) is 0 Å². The Morgan fingerprint density at radius 3 is 2.50 bits per heavy atom. The Morgan fingerprint density at radius 2 is 1.96 bits per heavy atom. The van der Waals surface area contributed by atoms with Crippen molar-refractivity contribution in [1.29, 1.82) is 0 Å². The predicted octanol–water partition coefficient (Wildman–Crippen LogP) is 1.78. The van der Waals surface area contributed by atoms with Gasteiger partial charge in [0.25, 0.3) is 0 Å². The van der Waals surface area contributed by atoms with Gasteiger partial charge in [0, 0.05) is 31.4 Å². The molecular weight excluding hydrogens is 330 g/mol. The first-order valence-corrected chi connectivity index (χ1v) is 8.79. The van der Waals surface area contributed by atoms with E-state index in [-0.39, 0.29) is 23.1 Å². The minimum Gasteiger partial charge on any atom is -0.495 e. The zero-order chi connectivity index (χ0) is 17.9. The maximum atomic E-state index is 12.5. The van der Waals surface area contributed by atoms with Gasteiger partial charge < -0.3 is 14.6 Å².